The van der Waals surface area contributed by atoms with Gasteiger partial charge in [-0.1, -0.05) is 31.0 Å². The molecule has 0 radical (unpaired) electrons. The van der Waals surface area contributed by atoms with Crippen molar-refractivity contribution in [2.24, 2.45) is 5.92 Å². The van der Waals surface area contributed by atoms with Crippen molar-refractivity contribution in [1.82, 2.24) is 10.2 Å². The maximum absolute atomic E-state index is 13.5. The fourth-order valence-electron chi connectivity index (χ4n) is 5.52. The summed E-state index contributed by atoms with van der Waals surface area (Å²) in [5, 5.41) is 5.80. The largest absolute Gasteiger partial charge is 0.497 e. The Morgan fingerprint density at radius 1 is 0.902 bits per heavy atom. The lowest BCUT2D eigenvalue weighted by molar-refractivity contribution is -0.135. The van der Waals surface area contributed by atoms with Gasteiger partial charge in [0.25, 0.3) is 11.8 Å². The van der Waals surface area contributed by atoms with Gasteiger partial charge in [0, 0.05) is 55.6 Å². The molecule has 5 rings (SSSR count). The van der Waals surface area contributed by atoms with Crippen LogP contribution in [0.25, 0.3) is 0 Å². The van der Waals surface area contributed by atoms with Gasteiger partial charge in [0.1, 0.15) is 11.6 Å². The van der Waals surface area contributed by atoms with Gasteiger partial charge in [0.05, 0.1) is 12.7 Å². The molecule has 0 bridgehead atoms. The molecule has 2 fully saturated rings. The van der Waals surface area contributed by atoms with Gasteiger partial charge in [-0.25, -0.2) is 4.39 Å². The molecular weight excluding hydrogens is 523 g/mol. The van der Waals surface area contributed by atoms with E-state index in [0.717, 1.165) is 36.9 Å². The molecule has 214 valence electrons. The third-order valence-corrected chi connectivity index (χ3v) is 7.83. The number of ether oxygens (including phenoxy) is 1. The first-order valence-corrected chi connectivity index (χ1v) is 14.1. The zero-order chi connectivity index (χ0) is 28.8. The molecule has 1 saturated heterocycles. The number of benzene rings is 3. The number of halogens is 1. The molecule has 41 heavy (non-hydrogen) atoms. The maximum atomic E-state index is 13.5. The minimum atomic E-state index is -0.340. The lowest BCUT2D eigenvalue weighted by Gasteiger charge is -2.38. The van der Waals surface area contributed by atoms with Gasteiger partial charge in [0.2, 0.25) is 5.91 Å². The number of hydrogen-bond acceptors (Lipinski definition) is 5. The Morgan fingerprint density at radius 3 is 2.34 bits per heavy atom. The van der Waals surface area contributed by atoms with E-state index in [1.54, 1.807) is 48.5 Å². The first kappa shape index (κ1) is 28.1. The van der Waals surface area contributed by atoms with Crippen LogP contribution in [-0.2, 0) is 11.3 Å². The average molecular weight is 559 g/mol. The number of hydrogen-bond donors (Lipinski definition) is 2. The van der Waals surface area contributed by atoms with E-state index in [1.165, 1.54) is 19.2 Å². The predicted molar refractivity (Wildman–Crippen MR) is 156 cm³/mol. The number of piperazine rings is 1. The number of nitrogens with zero attached hydrogens (tertiary/aromatic N) is 2. The minimum Gasteiger partial charge on any atom is -0.497 e. The number of carbonyl (C=O) groups excluding carboxylic acids is 3. The molecule has 1 aliphatic carbocycles. The fraction of sp³-hybridized carbons (Fsp3) is 0.344. The van der Waals surface area contributed by atoms with E-state index in [-0.39, 0.29) is 36.0 Å². The van der Waals surface area contributed by atoms with Gasteiger partial charge < -0.3 is 25.2 Å². The first-order chi connectivity index (χ1) is 19.9. The van der Waals surface area contributed by atoms with Crippen molar-refractivity contribution in [3.05, 3.63) is 89.2 Å². The van der Waals surface area contributed by atoms with Crippen molar-refractivity contribution in [1.29, 1.82) is 0 Å². The summed E-state index contributed by atoms with van der Waals surface area (Å²) in [5.41, 5.74) is 2.81. The Kier molecular flexibility index (Phi) is 8.82. The SMILES string of the molecule is COc1cccc(C(=O)Nc2ccc(N3CCN(C(=O)C4CCCC4)CC3)c(C(=O)NCc3ccc(F)cc3)c2)c1. The van der Waals surface area contributed by atoms with Gasteiger partial charge in [-0.15, -0.1) is 0 Å². The molecular formula is C32H35FN4O4. The van der Waals surface area contributed by atoms with E-state index >= 15 is 0 Å². The molecule has 2 aliphatic rings. The van der Waals surface area contributed by atoms with E-state index in [0.29, 0.717) is 48.7 Å². The van der Waals surface area contributed by atoms with Crippen LogP contribution in [0.1, 0.15) is 52.0 Å². The summed E-state index contributed by atoms with van der Waals surface area (Å²) < 4.78 is 18.6. The van der Waals surface area contributed by atoms with E-state index < -0.39 is 0 Å². The average Bonchev–Trinajstić information content (AvgIpc) is 3.56. The van der Waals surface area contributed by atoms with Crippen LogP contribution < -0.4 is 20.3 Å². The Morgan fingerprint density at radius 2 is 1.63 bits per heavy atom. The number of carbonyl (C=O) groups is 3. The molecule has 1 aliphatic heterocycles. The third kappa shape index (κ3) is 6.85. The summed E-state index contributed by atoms with van der Waals surface area (Å²) in [6.07, 6.45) is 4.18. The molecule has 0 atom stereocenters. The third-order valence-electron chi connectivity index (χ3n) is 7.83. The van der Waals surface area contributed by atoms with Crippen molar-refractivity contribution in [3.8, 4) is 5.75 Å². The summed E-state index contributed by atoms with van der Waals surface area (Å²) in [5.74, 6) is -0.0247. The normalized spacial score (nSPS) is 15.5. The molecule has 3 aromatic rings. The lowest BCUT2D eigenvalue weighted by atomic mass is 10.1. The molecule has 3 aromatic carbocycles. The van der Waals surface area contributed by atoms with Crippen LogP contribution in [0.4, 0.5) is 15.8 Å². The van der Waals surface area contributed by atoms with Crippen molar-refractivity contribution in [2.45, 2.75) is 32.2 Å². The van der Waals surface area contributed by atoms with E-state index in [9.17, 15) is 18.8 Å². The lowest BCUT2D eigenvalue weighted by Crippen LogP contribution is -2.50. The van der Waals surface area contributed by atoms with Crippen LogP contribution in [0, 0.1) is 11.7 Å². The summed E-state index contributed by atoms with van der Waals surface area (Å²) >= 11 is 0. The van der Waals surface area contributed by atoms with Crippen molar-refractivity contribution in [2.75, 3.05) is 43.5 Å². The van der Waals surface area contributed by atoms with Crippen LogP contribution in [0.5, 0.6) is 5.75 Å². The number of anilines is 2. The summed E-state index contributed by atoms with van der Waals surface area (Å²) in [7, 11) is 1.54. The van der Waals surface area contributed by atoms with E-state index in [1.807, 2.05) is 11.0 Å². The monoisotopic (exact) mass is 558 g/mol. The number of amides is 3. The molecule has 0 spiro atoms. The summed E-state index contributed by atoms with van der Waals surface area (Å²) in [6.45, 7) is 2.63. The van der Waals surface area contributed by atoms with Gasteiger partial charge in [-0.3, -0.25) is 14.4 Å². The van der Waals surface area contributed by atoms with Crippen LogP contribution in [0.2, 0.25) is 0 Å². The van der Waals surface area contributed by atoms with Crippen molar-refractivity contribution in [3.63, 3.8) is 0 Å². The summed E-state index contributed by atoms with van der Waals surface area (Å²) in [4.78, 5) is 43.4. The molecule has 3 amide bonds. The predicted octanol–water partition coefficient (Wildman–Crippen LogP) is 4.86. The Hall–Kier alpha value is -4.40. The van der Waals surface area contributed by atoms with Gasteiger partial charge in [-0.2, -0.15) is 0 Å². The Labute approximate surface area is 239 Å². The van der Waals surface area contributed by atoms with Crippen LogP contribution in [0.15, 0.2) is 66.7 Å². The number of rotatable bonds is 8. The fourth-order valence-corrected chi connectivity index (χ4v) is 5.52. The standard InChI is InChI=1S/C32H35FN4O4/c1-41-27-8-4-7-24(19-27)30(38)35-26-13-14-29(28(20-26)31(39)34-21-22-9-11-25(33)12-10-22)36-15-17-37(18-16-36)32(40)23-5-2-3-6-23/h4,7-14,19-20,23H,2-3,5-6,15-18,21H2,1H3,(H,34,39)(H,35,38). The second-order valence-corrected chi connectivity index (χ2v) is 10.5. The molecule has 0 aromatic heterocycles. The van der Waals surface area contributed by atoms with Crippen LogP contribution >= 0.6 is 0 Å². The second kappa shape index (κ2) is 12.8. The minimum absolute atomic E-state index is 0.141. The van der Waals surface area contributed by atoms with E-state index in [2.05, 4.69) is 15.5 Å². The highest BCUT2D eigenvalue weighted by atomic mass is 19.1. The van der Waals surface area contributed by atoms with Gasteiger partial charge >= 0.3 is 0 Å². The Balaban J connectivity index is 1.34. The van der Waals surface area contributed by atoms with Gasteiger partial charge in [0.15, 0.2) is 0 Å². The molecule has 8 nitrogen and oxygen atoms in total. The summed E-state index contributed by atoms with van der Waals surface area (Å²) in [6, 6.07) is 18.1. The van der Waals surface area contributed by atoms with Crippen molar-refractivity contribution < 1.29 is 23.5 Å². The van der Waals surface area contributed by atoms with Crippen molar-refractivity contribution >= 4 is 29.1 Å². The molecule has 1 saturated carbocycles. The Bertz CT molecular complexity index is 1400. The zero-order valence-electron chi connectivity index (χ0n) is 23.2. The van der Waals surface area contributed by atoms with Crippen LogP contribution in [0.3, 0.4) is 0 Å². The number of methoxy groups -OCH3 is 1. The smallest absolute Gasteiger partial charge is 0.255 e. The highest BCUT2D eigenvalue weighted by molar-refractivity contribution is 6.06. The maximum Gasteiger partial charge on any atom is 0.255 e. The van der Waals surface area contributed by atoms with Crippen LogP contribution in [-0.4, -0.2) is 55.9 Å². The first-order valence-electron chi connectivity index (χ1n) is 14.1. The highest BCUT2D eigenvalue weighted by Gasteiger charge is 2.30. The zero-order valence-corrected chi connectivity index (χ0v) is 23.2. The van der Waals surface area contributed by atoms with E-state index in [4.69, 9.17) is 4.74 Å². The molecule has 9 heteroatoms. The van der Waals surface area contributed by atoms with Gasteiger partial charge in [-0.05, 0) is 66.9 Å². The highest BCUT2D eigenvalue weighted by Crippen LogP contribution is 2.29. The topological polar surface area (TPSA) is 91.0 Å². The quantitative estimate of drug-likeness (QED) is 0.412. The number of nitrogens with one attached hydrogen (secondary N) is 2. The molecule has 2 N–H and O–H groups in total. The molecule has 0 unspecified atom stereocenters. The molecule has 1 heterocycles. The second-order valence-electron chi connectivity index (χ2n) is 10.5.